The van der Waals surface area contributed by atoms with Crippen LogP contribution < -0.4 is 5.32 Å². The van der Waals surface area contributed by atoms with Gasteiger partial charge in [-0.05, 0) is 32.6 Å². The van der Waals surface area contributed by atoms with E-state index in [0.717, 1.165) is 6.20 Å². The monoisotopic (exact) mass is 343 g/mol. The lowest BCUT2D eigenvalue weighted by molar-refractivity contribution is -0.384. The number of carboxylic acid groups (broad SMARTS) is 1. The summed E-state index contributed by atoms with van der Waals surface area (Å²) in [5.41, 5.74) is -1.03. The lowest BCUT2D eigenvalue weighted by Gasteiger charge is -2.36. The van der Waals surface area contributed by atoms with E-state index in [1.54, 1.807) is 6.92 Å². The molecule has 1 aromatic rings. The van der Waals surface area contributed by atoms with Gasteiger partial charge in [0.1, 0.15) is 17.0 Å². The Morgan fingerprint density at radius 2 is 2.26 bits per heavy atom. The van der Waals surface area contributed by atoms with E-state index in [2.05, 4.69) is 10.3 Å². The maximum Gasteiger partial charge on any atom is 0.335 e. The first-order chi connectivity index (χ1) is 10.9. The van der Waals surface area contributed by atoms with Gasteiger partial charge in [-0.25, -0.2) is 9.78 Å². The van der Waals surface area contributed by atoms with Gasteiger partial charge >= 0.3 is 11.7 Å². The van der Waals surface area contributed by atoms with Gasteiger partial charge in [-0.15, -0.1) is 0 Å². The number of hydrogen-bond acceptors (Lipinski definition) is 6. The Labute approximate surface area is 138 Å². The smallest absolute Gasteiger partial charge is 0.335 e. The van der Waals surface area contributed by atoms with E-state index in [1.807, 2.05) is 0 Å². The topological polar surface area (TPSA) is 115 Å². The standard InChI is InChI=1S/C14H18ClN3O5/c1-2-23-14(13(19)20)5-3-9(4-6-14)17-10-7-12(15)16-8-11(10)18(21)22/h7-9H,2-6H2,1H3,(H,16,17)(H,19,20)/t9-,14+. The number of ether oxygens (including phenoxy) is 1. The van der Waals surface area contributed by atoms with E-state index in [0.29, 0.717) is 38.0 Å². The number of carboxylic acids is 1. The molecule has 23 heavy (non-hydrogen) atoms. The predicted octanol–water partition coefficient (Wildman–Crippen LogP) is 2.86. The minimum absolute atomic E-state index is 0.0832. The highest BCUT2D eigenvalue weighted by Gasteiger charge is 2.43. The number of anilines is 1. The molecule has 0 aliphatic heterocycles. The van der Waals surface area contributed by atoms with E-state index in [9.17, 15) is 20.0 Å². The second-order valence-electron chi connectivity index (χ2n) is 5.43. The number of carbonyl (C=O) groups is 1. The van der Waals surface area contributed by atoms with Gasteiger partial charge in [0.25, 0.3) is 0 Å². The molecule has 1 aromatic heterocycles. The van der Waals surface area contributed by atoms with Gasteiger partial charge in [-0.2, -0.15) is 0 Å². The molecule has 8 nitrogen and oxygen atoms in total. The second kappa shape index (κ2) is 7.10. The Kier molecular flexibility index (Phi) is 5.38. The van der Waals surface area contributed by atoms with Crippen LogP contribution in [0.25, 0.3) is 0 Å². The third kappa shape index (κ3) is 3.89. The fourth-order valence-electron chi connectivity index (χ4n) is 2.83. The Morgan fingerprint density at radius 1 is 1.61 bits per heavy atom. The Bertz CT molecular complexity index is 602. The molecule has 0 aromatic carbocycles. The molecular formula is C14H18ClN3O5. The highest BCUT2D eigenvalue weighted by Crippen LogP contribution is 2.35. The van der Waals surface area contributed by atoms with Crippen LogP contribution in [0.1, 0.15) is 32.6 Å². The highest BCUT2D eigenvalue weighted by molar-refractivity contribution is 6.29. The molecule has 0 amide bonds. The fourth-order valence-corrected chi connectivity index (χ4v) is 2.99. The third-order valence-corrected chi connectivity index (χ3v) is 4.22. The minimum Gasteiger partial charge on any atom is -0.479 e. The van der Waals surface area contributed by atoms with Gasteiger partial charge in [0.05, 0.1) is 4.92 Å². The van der Waals surface area contributed by atoms with Crippen molar-refractivity contribution in [1.29, 1.82) is 0 Å². The highest BCUT2D eigenvalue weighted by atomic mass is 35.5. The molecule has 1 heterocycles. The van der Waals surface area contributed by atoms with Gasteiger partial charge in [-0.1, -0.05) is 11.6 Å². The molecule has 126 valence electrons. The Hall–Kier alpha value is -1.93. The molecule has 0 saturated heterocycles. The van der Waals surface area contributed by atoms with E-state index in [1.165, 1.54) is 6.07 Å². The predicted molar refractivity (Wildman–Crippen MR) is 83.8 cm³/mol. The molecule has 0 bridgehead atoms. The average molecular weight is 344 g/mol. The number of nitro groups is 1. The number of aliphatic carboxylic acids is 1. The van der Waals surface area contributed by atoms with E-state index in [4.69, 9.17) is 16.3 Å². The molecule has 0 atom stereocenters. The number of aromatic nitrogens is 1. The van der Waals surface area contributed by atoms with Crippen LogP contribution in [0.2, 0.25) is 5.15 Å². The second-order valence-corrected chi connectivity index (χ2v) is 5.82. The summed E-state index contributed by atoms with van der Waals surface area (Å²) in [5, 5.41) is 23.7. The zero-order chi connectivity index (χ0) is 17.0. The number of pyridine rings is 1. The van der Waals surface area contributed by atoms with Crippen molar-refractivity contribution in [3.05, 3.63) is 27.5 Å². The van der Waals surface area contributed by atoms with Gasteiger partial charge in [0, 0.05) is 18.7 Å². The maximum atomic E-state index is 11.5. The van der Waals surface area contributed by atoms with Crippen molar-refractivity contribution in [2.45, 2.75) is 44.2 Å². The van der Waals surface area contributed by atoms with Crippen LogP contribution in [-0.4, -0.2) is 39.2 Å². The zero-order valence-corrected chi connectivity index (χ0v) is 13.4. The summed E-state index contributed by atoms with van der Waals surface area (Å²) in [4.78, 5) is 25.7. The molecule has 0 spiro atoms. The SMILES string of the molecule is CCO[C@]1(C(=O)O)CC[C@H](Nc2cc(Cl)ncc2[N+](=O)[O-])CC1. The number of rotatable bonds is 6. The normalized spacial score (nSPS) is 24.2. The quantitative estimate of drug-likeness (QED) is 0.463. The number of nitrogens with zero attached hydrogens (tertiary/aromatic N) is 2. The number of hydrogen-bond donors (Lipinski definition) is 2. The maximum absolute atomic E-state index is 11.5. The van der Waals surface area contributed by atoms with Crippen molar-refractivity contribution in [3.63, 3.8) is 0 Å². The molecule has 1 aliphatic carbocycles. The summed E-state index contributed by atoms with van der Waals surface area (Å²) < 4.78 is 5.44. The fraction of sp³-hybridized carbons (Fsp3) is 0.571. The van der Waals surface area contributed by atoms with Crippen LogP contribution in [-0.2, 0) is 9.53 Å². The third-order valence-electron chi connectivity index (χ3n) is 4.01. The summed E-state index contributed by atoms with van der Waals surface area (Å²) in [7, 11) is 0. The van der Waals surface area contributed by atoms with E-state index in [-0.39, 0.29) is 16.9 Å². The first kappa shape index (κ1) is 17.4. The summed E-state index contributed by atoms with van der Waals surface area (Å²) >= 11 is 5.80. The van der Waals surface area contributed by atoms with Crippen LogP contribution in [0, 0.1) is 10.1 Å². The van der Waals surface area contributed by atoms with Gasteiger partial charge in [0.2, 0.25) is 0 Å². The van der Waals surface area contributed by atoms with Crippen molar-refractivity contribution >= 4 is 28.9 Å². The van der Waals surface area contributed by atoms with E-state index < -0.39 is 16.5 Å². The first-order valence-corrected chi connectivity index (χ1v) is 7.69. The Balaban J connectivity index is 2.09. The van der Waals surface area contributed by atoms with E-state index >= 15 is 0 Å². The van der Waals surface area contributed by atoms with Gasteiger partial charge in [-0.3, -0.25) is 10.1 Å². The van der Waals surface area contributed by atoms with Crippen molar-refractivity contribution in [1.82, 2.24) is 4.98 Å². The molecule has 1 saturated carbocycles. The van der Waals surface area contributed by atoms with Crippen molar-refractivity contribution in [2.24, 2.45) is 0 Å². The van der Waals surface area contributed by atoms with Crippen LogP contribution in [0.15, 0.2) is 12.3 Å². The lowest BCUT2D eigenvalue weighted by atomic mass is 9.82. The molecule has 0 unspecified atom stereocenters. The number of halogens is 1. The lowest BCUT2D eigenvalue weighted by Crippen LogP contribution is -2.47. The van der Waals surface area contributed by atoms with Crippen LogP contribution in [0.3, 0.4) is 0 Å². The largest absolute Gasteiger partial charge is 0.479 e. The molecule has 0 radical (unpaired) electrons. The summed E-state index contributed by atoms with van der Waals surface area (Å²) in [6.45, 7) is 2.09. The Morgan fingerprint density at radius 3 is 2.78 bits per heavy atom. The average Bonchev–Trinajstić information content (AvgIpc) is 2.49. The molecule has 9 heteroatoms. The van der Waals surface area contributed by atoms with Crippen molar-refractivity contribution in [2.75, 3.05) is 11.9 Å². The summed E-state index contributed by atoms with van der Waals surface area (Å²) in [5.74, 6) is -0.962. The van der Waals surface area contributed by atoms with Crippen LogP contribution >= 0.6 is 11.6 Å². The molecule has 1 aliphatic rings. The first-order valence-electron chi connectivity index (χ1n) is 7.32. The number of nitrogens with one attached hydrogen (secondary N) is 1. The summed E-state index contributed by atoms with van der Waals surface area (Å²) in [6, 6.07) is 1.32. The minimum atomic E-state index is -1.16. The van der Waals surface area contributed by atoms with Crippen LogP contribution in [0.5, 0.6) is 0 Å². The van der Waals surface area contributed by atoms with Gasteiger partial charge < -0.3 is 15.2 Å². The van der Waals surface area contributed by atoms with Crippen molar-refractivity contribution in [3.8, 4) is 0 Å². The molecular weight excluding hydrogens is 326 g/mol. The van der Waals surface area contributed by atoms with Gasteiger partial charge in [0.15, 0.2) is 5.60 Å². The van der Waals surface area contributed by atoms with Crippen LogP contribution in [0.4, 0.5) is 11.4 Å². The molecule has 1 fully saturated rings. The molecule has 2 rings (SSSR count). The summed E-state index contributed by atoms with van der Waals surface area (Å²) in [6.07, 6.45) is 2.86. The molecule has 2 N–H and O–H groups in total. The zero-order valence-electron chi connectivity index (χ0n) is 12.6. The van der Waals surface area contributed by atoms with Crippen molar-refractivity contribution < 1.29 is 19.6 Å².